The molecule has 100 valence electrons. The highest BCUT2D eigenvalue weighted by Crippen LogP contribution is 2.29. The molecular formula is C12H12N2O4S. The first-order valence-electron chi connectivity index (χ1n) is 5.68. The van der Waals surface area contributed by atoms with E-state index in [0.29, 0.717) is 0 Å². The summed E-state index contributed by atoms with van der Waals surface area (Å²) in [7, 11) is -3.78. The molecule has 0 unspecified atom stereocenters. The fourth-order valence-electron chi connectivity index (χ4n) is 1.99. The number of sulfonamides is 1. The molecule has 1 aliphatic carbocycles. The van der Waals surface area contributed by atoms with Gasteiger partial charge in [0.25, 0.3) is 0 Å². The highest BCUT2D eigenvalue weighted by molar-refractivity contribution is 7.89. The van der Waals surface area contributed by atoms with Crippen molar-refractivity contribution in [2.75, 3.05) is 0 Å². The molecule has 0 spiro atoms. The standard InChI is InChI=1S/C12H12N2O4S/c13-7-8-3-1-2-4-11(8)19(17,18)14-10-5-9(6-10)12(15)16/h1-4,9-10,14H,5-6H2,(H,15,16). The van der Waals surface area contributed by atoms with E-state index >= 15 is 0 Å². The number of benzene rings is 1. The molecule has 0 aromatic heterocycles. The largest absolute Gasteiger partial charge is 0.481 e. The molecule has 0 radical (unpaired) electrons. The van der Waals surface area contributed by atoms with Gasteiger partial charge in [-0.2, -0.15) is 5.26 Å². The Kier molecular flexibility index (Phi) is 3.55. The van der Waals surface area contributed by atoms with E-state index in [-0.39, 0.29) is 29.3 Å². The summed E-state index contributed by atoms with van der Waals surface area (Å²) in [4.78, 5) is 10.6. The van der Waals surface area contributed by atoms with E-state index in [1.165, 1.54) is 18.2 Å². The monoisotopic (exact) mass is 280 g/mol. The minimum absolute atomic E-state index is 0.0729. The third-order valence-corrected chi connectivity index (χ3v) is 4.68. The number of carboxylic acids is 1. The molecule has 19 heavy (non-hydrogen) atoms. The van der Waals surface area contributed by atoms with Crippen LogP contribution in [0, 0.1) is 17.2 Å². The molecule has 0 aliphatic heterocycles. The Labute approximate surface area is 110 Å². The number of hydrogen-bond donors (Lipinski definition) is 2. The van der Waals surface area contributed by atoms with Gasteiger partial charge in [-0.05, 0) is 25.0 Å². The van der Waals surface area contributed by atoms with Gasteiger partial charge >= 0.3 is 5.97 Å². The van der Waals surface area contributed by atoms with Gasteiger partial charge in [-0.1, -0.05) is 12.1 Å². The van der Waals surface area contributed by atoms with Gasteiger partial charge < -0.3 is 5.11 Å². The molecule has 6 nitrogen and oxygen atoms in total. The normalized spacial score (nSPS) is 22.3. The Morgan fingerprint density at radius 1 is 1.37 bits per heavy atom. The lowest BCUT2D eigenvalue weighted by molar-refractivity contribution is -0.145. The van der Waals surface area contributed by atoms with Crippen LogP contribution < -0.4 is 4.72 Å². The van der Waals surface area contributed by atoms with Crippen LogP contribution in [-0.2, 0) is 14.8 Å². The first-order valence-corrected chi connectivity index (χ1v) is 7.16. The van der Waals surface area contributed by atoms with Gasteiger partial charge in [0.1, 0.15) is 6.07 Å². The van der Waals surface area contributed by atoms with Gasteiger partial charge in [0.15, 0.2) is 0 Å². The van der Waals surface area contributed by atoms with Crippen molar-refractivity contribution >= 4 is 16.0 Å². The summed E-state index contributed by atoms with van der Waals surface area (Å²) >= 11 is 0. The topological polar surface area (TPSA) is 107 Å². The molecule has 1 fully saturated rings. The minimum Gasteiger partial charge on any atom is -0.481 e. The lowest BCUT2D eigenvalue weighted by Crippen LogP contribution is -2.46. The first-order chi connectivity index (χ1) is 8.94. The van der Waals surface area contributed by atoms with Crippen LogP contribution in [0.5, 0.6) is 0 Å². The van der Waals surface area contributed by atoms with Crippen molar-refractivity contribution in [3.63, 3.8) is 0 Å². The van der Waals surface area contributed by atoms with Crippen molar-refractivity contribution < 1.29 is 18.3 Å². The van der Waals surface area contributed by atoms with Crippen molar-refractivity contribution in [3.8, 4) is 6.07 Å². The average Bonchev–Trinajstić information content (AvgIpc) is 2.32. The fourth-order valence-corrected chi connectivity index (χ4v) is 3.41. The van der Waals surface area contributed by atoms with Crippen LogP contribution in [-0.4, -0.2) is 25.5 Å². The highest BCUT2D eigenvalue weighted by Gasteiger charge is 2.37. The maximum Gasteiger partial charge on any atom is 0.306 e. The predicted molar refractivity (Wildman–Crippen MR) is 65.6 cm³/mol. The molecule has 0 saturated heterocycles. The number of nitrogens with zero attached hydrogens (tertiary/aromatic N) is 1. The van der Waals surface area contributed by atoms with Crippen LogP contribution >= 0.6 is 0 Å². The zero-order valence-electron chi connectivity index (χ0n) is 9.91. The Morgan fingerprint density at radius 2 is 2.00 bits per heavy atom. The number of rotatable bonds is 4. The van der Waals surface area contributed by atoms with Crippen LogP contribution in [0.3, 0.4) is 0 Å². The molecule has 1 aliphatic rings. The number of nitriles is 1. The van der Waals surface area contributed by atoms with Gasteiger partial charge in [0, 0.05) is 6.04 Å². The van der Waals surface area contributed by atoms with Gasteiger partial charge in [0.05, 0.1) is 16.4 Å². The number of nitrogens with one attached hydrogen (secondary N) is 1. The summed E-state index contributed by atoms with van der Waals surface area (Å²) in [6.45, 7) is 0. The molecule has 2 rings (SSSR count). The summed E-state index contributed by atoms with van der Waals surface area (Å²) in [6, 6.07) is 7.35. The SMILES string of the molecule is N#Cc1ccccc1S(=O)(=O)NC1CC(C(=O)O)C1. The second-order valence-electron chi connectivity index (χ2n) is 4.43. The summed E-state index contributed by atoms with van der Waals surface area (Å²) in [5.74, 6) is -1.40. The first kappa shape index (κ1) is 13.5. The van der Waals surface area contributed by atoms with Crippen LogP contribution in [0.2, 0.25) is 0 Å². The van der Waals surface area contributed by atoms with E-state index in [4.69, 9.17) is 10.4 Å². The number of aliphatic carboxylic acids is 1. The van der Waals surface area contributed by atoms with Crippen LogP contribution in [0.1, 0.15) is 18.4 Å². The second kappa shape index (κ2) is 4.99. The van der Waals surface area contributed by atoms with Crippen molar-refractivity contribution in [3.05, 3.63) is 29.8 Å². The smallest absolute Gasteiger partial charge is 0.306 e. The van der Waals surface area contributed by atoms with E-state index in [9.17, 15) is 13.2 Å². The molecule has 1 aromatic carbocycles. The lowest BCUT2D eigenvalue weighted by atomic mass is 9.81. The van der Waals surface area contributed by atoms with E-state index in [2.05, 4.69) is 4.72 Å². The maximum atomic E-state index is 12.1. The minimum atomic E-state index is -3.78. The van der Waals surface area contributed by atoms with Gasteiger partial charge in [-0.3, -0.25) is 4.79 Å². The fraction of sp³-hybridized carbons (Fsp3) is 0.333. The zero-order chi connectivity index (χ0) is 14.0. The van der Waals surface area contributed by atoms with E-state index in [1.54, 1.807) is 6.07 Å². The van der Waals surface area contributed by atoms with Crippen molar-refractivity contribution in [1.29, 1.82) is 5.26 Å². The molecule has 2 N–H and O–H groups in total. The quantitative estimate of drug-likeness (QED) is 0.844. The number of carboxylic acid groups (broad SMARTS) is 1. The maximum absolute atomic E-state index is 12.1. The van der Waals surface area contributed by atoms with E-state index in [0.717, 1.165) is 0 Å². The van der Waals surface area contributed by atoms with Crippen LogP contribution in [0.25, 0.3) is 0 Å². The molecule has 1 saturated carbocycles. The van der Waals surface area contributed by atoms with Gasteiger partial charge in [-0.25, -0.2) is 13.1 Å². The summed E-state index contributed by atoms with van der Waals surface area (Å²) in [5.41, 5.74) is 0.0732. The Hall–Kier alpha value is -1.91. The van der Waals surface area contributed by atoms with Crippen LogP contribution in [0.15, 0.2) is 29.2 Å². The molecule has 0 amide bonds. The Morgan fingerprint density at radius 3 is 2.58 bits per heavy atom. The molecule has 0 bridgehead atoms. The van der Waals surface area contributed by atoms with E-state index < -0.39 is 21.9 Å². The van der Waals surface area contributed by atoms with Crippen molar-refractivity contribution in [1.82, 2.24) is 4.72 Å². The number of hydrogen-bond acceptors (Lipinski definition) is 4. The van der Waals surface area contributed by atoms with Crippen LogP contribution in [0.4, 0.5) is 0 Å². The summed E-state index contributed by atoms with van der Waals surface area (Å²) in [6.07, 6.45) is 0.562. The molecular weight excluding hydrogens is 268 g/mol. The highest BCUT2D eigenvalue weighted by atomic mass is 32.2. The van der Waals surface area contributed by atoms with Gasteiger partial charge in [0.2, 0.25) is 10.0 Å². The Balaban J connectivity index is 2.12. The molecule has 1 aromatic rings. The molecule has 0 heterocycles. The molecule has 0 atom stereocenters. The number of carbonyl (C=O) groups is 1. The Bertz CT molecular complexity index is 642. The third kappa shape index (κ3) is 2.75. The molecule has 7 heteroatoms. The lowest BCUT2D eigenvalue weighted by Gasteiger charge is -2.32. The van der Waals surface area contributed by atoms with Crippen molar-refractivity contribution in [2.45, 2.75) is 23.8 Å². The predicted octanol–water partition coefficient (Wildman–Crippen LogP) is 0.700. The van der Waals surface area contributed by atoms with E-state index in [1.807, 2.05) is 6.07 Å². The average molecular weight is 280 g/mol. The second-order valence-corrected chi connectivity index (χ2v) is 6.12. The van der Waals surface area contributed by atoms with Gasteiger partial charge in [-0.15, -0.1) is 0 Å². The summed E-state index contributed by atoms with van der Waals surface area (Å²) < 4.78 is 26.6. The summed E-state index contributed by atoms with van der Waals surface area (Å²) in [5, 5.41) is 17.6. The third-order valence-electron chi connectivity index (χ3n) is 3.11. The van der Waals surface area contributed by atoms with Crippen molar-refractivity contribution in [2.24, 2.45) is 5.92 Å². The zero-order valence-corrected chi connectivity index (χ0v) is 10.7.